The van der Waals surface area contributed by atoms with Gasteiger partial charge < -0.3 is 5.41 Å². The van der Waals surface area contributed by atoms with Crippen molar-refractivity contribution < 1.29 is 0 Å². The van der Waals surface area contributed by atoms with Gasteiger partial charge in [-0.1, -0.05) is 6.08 Å². The third-order valence-electron chi connectivity index (χ3n) is 2.03. The SMILES string of the molecule is CC1=CCCCCC(/C=C\C=N)=N1. The van der Waals surface area contributed by atoms with Gasteiger partial charge in [0.25, 0.3) is 0 Å². The van der Waals surface area contributed by atoms with E-state index in [1.807, 2.05) is 13.0 Å². The quantitative estimate of drug-likeness (QED) is 0.628. The van der Waals surface area contributed by atoms with E-state index in [9.17, 15) is 0 Å². The molecule has 2 nitrogen and oxygen atoms in total. The van der Waals surface area contributed by atoms with Crippen LogP contribution in [0.15, 0.2) is 28.9 Å². The molecule has 0 amide bonds. The molecule has 1 heterocycles. The Hall–Kier alpha value is -1.18. The highest BCUT2D eigenvalue weighted by molar-refractivity contribution is 5.98. The predicted octanol–water partition coefficient (Wildman–Crippen LogP) is 3.11. The lowest BCUT2D eigenvalue weighted by atomic mass is 10.1. The van der Waals surface area contributed by atoms with Gasteiger partial charge in [0.2, 0.25) is 0 Å². The van der Waals surface area contributed by atoms with Gasteiger partial charge in [-0.25, -0.2) is 0 Å². The number of nitrogens with zero attached hydrogens (tertiary/aromatic N) is 1. The lowest BCUT2D eigenvalue weighted by Gasteiger charge is -2.05. The van der Waals surface area contributed by atoms with Crippen LogP contribution in [0, 0.1) is 5.41 Å². The summed E-state index contributed by atoms with van der Waals surface area (Å²) in [5.41, 5.74) is 2.20. The van der Waals surface area contributed by atoms with Crippen LogP contribution >= 0.6 is 0 Å². The Morgan fingerprint density at radius 1 is 1.46 bits per heavy atom. The van der Waals surface area contributed by atoms with Crippen LogP contribution in [0.2, 0.25) is 0 Å². The highest BCUT2D eigenvalue weighted by atomic mass is 14.7. The summed E-state index contributed by atoms with van der Waals surface area (Å²) in [7, 11) is 0. The summed E-state index contributed by atoms with van der Waals surface area (Å²) < 4.78 is 0. The summed E-state index contributed by atoms with van der Waals surface area (Å²) in [6.07, 6.45) is 11.8. The minimum atomic E-state index is 1.04. The molecule has 0 radical (unpaired) electrons. The molecule has 0 saturated heterocycles. The van der Waals surface area contributed by atoms with Crippen molar-refractivity contribution in [1.29, 1.82) is 5.41 Å². The molecule has 1 rings (SSSR count). The first-order valence-electron chi connectivity index (χ1n) is 4.74. The number of hydrogen-bond acceptors (Lipinski definition) is 2. The fraction of sp³-hybridized carbons (Fsp3) is 0.455. The Morgan fingerprint density at radius 2 is 2.31 bits per heavy atom. The van der Waals surface area contributed by atoms with E-state index >= 15 is 0 Å². The number of allylic oxidation sites excluding steroid dienone is 4. The van der Waals surface area contributed by atoms with Crippen LogP contribution in [-0.4, -0.2) is 11.9 Å². The van der Waals surface area contributed by atoms with Crippen molar-refractivity contribution in [2.45, 2.75) is 32.6 Å². The first-order valence-corrected chi connectivity index (χ1v) is 4.74. The molecule has 0 spiro atoms. The van der Waals surface area contributed by atoms with Gasteiger partial charge in [-0.3, -0.25) is 4.99 Å². The molecule has 0 aromatic heterocycles. The average Bonchev–Trinajstić information content (AvgIpc) is 2.09. The third-order valence-corrected chi connectivity index (χ3v) is 2.03. The van der Waals surface area contributed by atoms with Gasteiger partial charge in [0, 0.05) is 17.6 Å². The molecule has 13 heavy (non-hydrogen) atoms. The molecule has 0 aliphatic carbocycles. The first-order chi connectivity index (χ1) is 6.33. The van der Waals surface area contributed by atoms with Gasteiger partial charge in [0.05, 0.1) is 0 Å². The van der Waals surface area contributed by atoms with Crippen molar-refractivity contribution in [1.82, 2.24) is 0 Å². The smallest absolute Gasteiger partial charge is 0.0407 e. The zero-order valence-corrected chi connectivity index (χ0v) is 8.09. The second-order valence-electron chi connectivity index (χ2n) is 3.22. The maximum absolute atomic E-state index is 6.89. The van der Waals surface area contributed by atoms with Crippen LogP contribution in [0.5, 0.6) is 0 Å². The van der Waals surface area contributed by atoms with E-state index in [1.165, 1.54) is 19.1 Å². The van der Waals surface area contributed by atoms with Crippen LogP contribution in [-0.2, 0) is 0 Å². The second kappa shape index (κ2) is 5.46. The molecule has 0 atom stereocenters. The van der Waals surface area contributed by atoms with Gasteiger partial charge in [-0.2, -0.15) is 0 Å². The summed E-state index contributed by atoms with van der Waals surface area (Å²) in [6.45, 7) is 2.03. The van der Waals surface area contributed by atoms with Gasteiger partial charge >= 0.3 is 0 Å². The van der Waals surface area contributed by atoms with Crippen molar-refractivity contribution in [2.75, 3.05) is 0 Å². The van der Waals surface area contributed by atoms with Crippen LogP contribution in [0.3, 0.4) is 0 Å². The molecule has 1 N–H and O–H groups in total. The fourth-order valence-electron chi connectivity index (χ4n) is 1.37. The molecule has 1 aliphatic rings. The molecule has 1 aliphatic heterocycles. The highest BCUT2D eigenvalue weighted by Crippen LogP contribution is 2.11. The van der Waals surface area contributed by atoms with E-state index in [-0.39, 0.29) is 0 Å². The molecule has 0 fully saturated rings. The maximum Gasteiger partial charge on any atom is 0.0407 e. The molecule has 0 bridgehead atoms. The minimum Gasteiger partial charge on any atom is -0.309 e. The van der Waals surface area contributed by atoms with E-state index in [0.717, 1.165) is 24.3 Å². The Balaban J connectivity index is 2.72. The van der Waals surface area contributed by atoms with Crippen molar-refractivity contribution in [3.63, 3.8) is 0 Å². The molecule has 70 valence electrons. The summed E-state index contributed by atoms with van der Waals surface area (Å²) in [4.78, 5) is 4.46. The molecule has 0 aromatic rings. The lowest BCUT2D eigenvalue weighted by Crippen LogP contribution is -1.97. The van der Waals surface area contributed by atoms with Gasteiger partial charge in [-0.05, 0) is 44.8 Å². The summed E-state index contributed by atoms with van der Waals surface area (Å²) >= 11 is 0. The standard InChI is InChI=1S/C11H16N2/c1-10-6-3-2-4-7-11(13-10)8-5-9-12/h5-6,8-9,12H,2-4,7H2,1H3/b8-5-,10-6?,12-9?,13-11?. The summed E-state index contributed by atoms with van der Waals surface area (Å²) in [5, 5.41) is 6.89. The number of aliphatic imine (C=N–C) groups is 1. The minimum absolute atomic E-state index is 1.04. The Morgan fingerprint density at radius 3 is 3.08 bits per heavy atom. The highest BCUT2D eigenvalue weighted by Gasteiger charge is 1.99. The number of nitrogens with one attached hydrogen (secondary N) is 1. The fourth-order valence-corrected chi connectivity index (χ4v) is 1.37. The van der Waals surface area contributed by atoms with Crippen LogP contribution in [0.1, 0.15) is 32.6 Å². The molecular weight excluding hydrogens is 160 g/mol. The van der Waals surface area contributed by atoms with Gasteiger partial charge in [0.1, 0.15) is 0 Å². The van der Waals surface area contributed by atoms with Crippen LogP contribution < -0.4 is 0 Å². The molecular formula is C11H16N2. The van der Waals surface area contributed by atoms with E-state index in [1.54, 1.807) is 6.08 Å². The number of hydrogen-bond donors (Lipinski definition) is 1. The Labute approximate surface area is 79.6 Å². The number of rotatable bonds is 2. The van der Waals surface area contributed by atoms with Crippen molar-refractivity contribution in [2.24, 2.45) is 4.99 Å². The summed E-state index contributed by atoms with van der Waals surface area (Å²) in [5.74, 6) is 0. The van der Waals surface area contributed by atoms with E-state index < -0.39 is 0 Å². The Kier molecular flexibility index (Phi) is 4.16. The maximum atomic E-state index is 6.89. The zero-order chi connectivity index (χ0) is 9.52. The summed E-state index contributed by atoms with van der Waals surface area (Å²) in [6, 6.07) is 0. The van der Waals surface area contributed by atoms with Crippen LogP contribution in [0.4, 0.5) is 0 Å². The molecule has 2 heteroatoms. The molecule has 0 saturated carbocycles. The van der Waals surface area contributed by atoms with Gasteiger partial charge in [-0.15, -0.1) is 0 Å². The Bertz CT molecular complexity index is 259. The van der Waals surface area contributed by atoms with E-state index in [4.69, 9.17) is 5.41 Å². The van der Waals surface area contributed by atoms with Crippen molar-refractivity contribution in [3.8, 4) is 0 Å². The van der Waals surface area contributed by atoms with E-state index in [0.29, 0.717) is 0 Å². The topological polar surface area (TPSA) is 36.2 Å². The first kappa shape index (κ1) is 9.90. The van der Waals surface area contributed by atoms with Crippen LogP contribution in [0.25, 0.3) is 0 Å². The average molecular weight is 176 g/mol. The predicted molar refractivity (Wildman–Crippen MR) is 57.6 cm³/mol. The normalized spacial score (nSPS) is 18.8. The van der Waals surface area contributed by atoms with E-state index in [2.05, 4.69) is 11.1 Å². The zero-order valence-electron chi connectivity index (χ0n) is 8.09. The third kappa shape index (κ3) is 3.83. The van der Waals surface area contributed by atoms with Gasteiger partial charge in [0.15, 0.2) is 0 Å². The largest absolute Gasteiger partial charge is 0.309 e. The molecule has 0 aromatic carbocycles. The second-order valence-corrected chi connectivity index (χ2v) is 3.22. The molecule has 0 unspecified atom stereocenters. The van der Waals surface area contributed by atoms with Crippen molar-refractivity contribution in [3.05, 3.63) is 23.9 Å². The van der Waals surface area contributed by atoms with Crippen molar-refractivity contribution >= 4 is 11.9 Å². The lowest BCUT2D eigenvalue weighted by molar-refractivity contribution is 0.767. The monoisotopic (exact) mass is 176 g/mol.